The molecular weight excluding hydrogens is 275 g/mol. The van der Waals surface area contributed by atoms with E-state index in [1.165, 1.54) is 0 Å². The van der Waals surface area contributed by atoms with Gasteiger partial charge in [-0.2, -0.15) is 17.6 Å². The van der Waals surface area contributed by atoms with Crippen LogP contribution in [0.5, 0.6) is 5.75 Å². The van der Waals surface area contributed by atoms with E-state index < -0.39 is 42.1 Å². The van der Waals surface area contributed by atoms with Crippen molar-refractivity contribution in [3.8, 4) is 5.75 Å². The van der Waals surface area contributed by atoms with Gasteiger partial charge in [0.25, 0.3) is 0 Å². The van der Waals surface area contributed by atoms with E-state index in [1.54, 1.807) is 0 Å². The van der Waals surface area contributed by atoms with Crippen LogP contribution < -0.4 is 4.74 Å². The molecule has 3 nitrogen and oxygen atoms in total. The van der Waals surface area contributed by atoms with Crippen molar-refractivity contribution in [1.29, 1.82) is 0 Å². The van der Waals surface area contributed by atoms with Crippen LogP contribution in [0.4, 0.5) is 30.7 Å². The quantitative estimate of drug-likeness (QED) is 0.668. The van der Waals surface area contributed by atoms with E-state index in [-0.39, 0.29) is 6.07 Å². The summed E-state index contributed by atoms with van der Waals surface area (Å²) in [6, 6.07) is -0.207. The molecule has 0 atom stereocenters. The van der Waals surface area contributed by atoms with Crippen molar-refractivity contribution in [3.63, 3.8) is 0 Å². The van der Waals surface area contributed by atoms with Crippen molar-refractivity contribution in [2.24, 2.45) is 0 Å². The van der Waals surface area contributed by atoms with Gasteiger partial charge >= 0.3 is 12.5 Å². The van der Waals surface area contributed by atoms with Crippen molar-refractivity contribution in [1.82, 2.24) is 4.98 Å². The highest BCUT2D eigenvalue weighted by molar-refractivity contribution is 5.33. The predicted molar refractivity (Wildman–Crippen MR) is 41.8 cm³/mol. The summed E-state index contributed by atoms with van der Waals surface area (Å²) in [4.78, 5) is 2.58. The zero-order valence-electron chi connectivity index (χ0n) is 8.23. The van der Waals surface area contributed by atoms with Gasteiger partial charge < -0.3 is 9.84 Å². The molecule has 0 aliphatic heterocycles. The topological polar surface area (TPSA) is 42.4 Å². The third-order valence-corrected chi connectivity index (χ3v) is 1.70. The molecular formula is C8H4F7NO2. The minimum Gasteiger partial charge on any atom is -0.404 e. The lowest BCUT2D eigenvalue weighted by atomic mass is 10.2. The number of aliphatic hydroxyl groups is 1. The van der Waals surface area contributed by atoms with Crippen molar-refractivity contribution in [2.45, 2.75) is 19.1 Å². The van der Waals surface area contributed by atoms with Gasteiger partial charge in [-0.05, 0) is 6.07 Å². The summed E-state index contributed by atoms with van der Waals surface area (Å²) in [6.07, 6.45) is -10.5. The summed E-state index contributed by atoms with van der Waals surface area (Å²) in [5.41, 5.74) is -3.00. The average Bonchev–Trinajstić information content (AvgIpc) is 2.16. The molecule has 18 heavy (non-hydrogen) atoms. The zero-order chi connectivity index (χ0) is 14.1. The Morgan fingerprint density at radius 3 is 2.11 bits per heavy atom. The lowest BCUT2D eigenvalue weighted by Crippen LogP contribution is -2.20. The largest absolute Gasteiger partial charge is 0.573 e. The summed E-state index contributed by atoms with van der Waals surface area (Å²) in [5.74, 6) is -3.44. The number of aliphatic hydroxyl groups excluding tert-OH is 1. The zero-order valence-corrected chi connectivity index (χ0v) is 8.23. The first kappa shape index (κ1) is 14.5. The molecule has 0 unspecified atom stereocenters. The first-order chi connectivity index (χ1) is 8.04. The number of rotatable bonds is 2. The smallest absolute Gasteiger partial charge is 0.404 e. The van der Waals surface area contributed by atoms with Gasteiger partial charge in [0.15, 0.2) is 5.75 Å². The molecule has 102 valence electrons. The molecule has 1 aromatic rings. The van der Waals surface area contributed by atoms with Crippen molar-refractivity contribution in [3.05, 3.63) is 23.3 Å². The van der Waals surface area contributed by atoms with Crippen LogP contribution in [0.3, 0.4) is 0 Å². The van der Waals surface area contributed by atoms with Crippen LogP contribution in [0.15, 0.2) is 6.07 Å². The molecule has 0 bridgehead atoms. The molecule has 0 aliphatic rings. The Morgan fingerprint density at radius 2 is 1.72 bits per heavy atom. The van der Waals surface area contributed by atoms with E-state index in [9.17, 15) is 30.7 Å². The van der Waals surface area contributed by atoms with E-state index in [0.29, 0.717) is 0 Å². The van der Waals surface area contributed by atoms with Crippen LogP contribution in [-0.2, 0) is 12.8 Å². The normalized spacial score (nSPS) is 12.7. The summed E-state index contributed by atoms with van der Waals surface area (Å²) in [6.45, 7) is -1.21. The first-order valence-corrected chi connectivity index (χ1v) is 4.18. The number of ether oxygens (including phenoxy) is 1. The first-order valence-electron chi connectivity index (χ1n) is 4.18. The Hall–Kier alpha value is -1.58. The molecule has 10 heteroatoms. The second-order valence-electron chi connectivity index (χ2n) is 2.98. The van der Waals surface area contributed by atoms with E-state index in [1.807, 2.05) is 0 Å². The van der Waals surface area contributed by atoms with Crippen LogP contribution in [0.25, 0.3) is 0 Å². The average molecular weight is 279 g/mol. The molecule has 0 aromatic carbocycles. The fourth-order valence-electron chi connectivity index (χ4n) is 1.03. The summed E-state index contributed by atoms with van der Waals surface area (Å²) < 4.78 is 88.4. The van der Waals surface area contributed by atoms with Gasteiger partial charge in [0.1, 0.15) is 11.3 Å². The van der Waals surface area contributed by atoms with Gasteiger partial charge in [-0.25, -0.2) is 4.98 Å². The number of hydrogen-bond acceptors (Lipinski definition) is 3. The Balaban J connectivity index is 3.31. The fourth-order valence-corrected chi connectivity index (χ4v) is 1.03. The number of halogens is 7. The van der Waals surface area contributed by atoms with Gasteiger partial charge in [-0.3, -0.25) is 0 Å². The lowest BCUT2D eigenvalue weighted by molar-refractivity contribution is -0.275. The highest BCUT2D eigenvalue weighted by Crippen LogP contribution is 2.35. The Labute approximate surface area is 94.8 Å². The molecule has 0 fully saturated rings. The van der Waals surface area contributed by atoms with Crippen LogP contribution >= 0.6 is 0 Å². The number of hydrogen-bond donors (Lipinski definition) is 1. The monoisotopic (exact) mass is 279 g/mol. The minimum atomic E-state index is -5.29. The minimum absolute atomic E-state index is 0.207. The van der Waals surface area contributed by atoms with Gasteiger partial charge in [-0.1, -0.05) is 0 Å². The van der Waals surface area contributed by atoms with Crippen molar-refractivity contribution in [2.75, 3.05) is 0 Å². The van der Waals surface area contributed by atoms with Crippen molar-refractivity contribution >= 4 is 0 Å². The molecule has 0 amide bonds. The molecule has 1 N–H and O–H groups in total. The third-order valence-electron chi connectivity index (χ3n) is 1.70. The predicted octanol–water partition coefficient (Wildman–Crippen LogP) is 2.63. The molecule has 1 aromatic heterocycles. The van der Waals surface area contributed by atoms with Crippen LogP contribution in [0, 0.1) is 5.95 Å². The highest BCUT2D eigenvalue weighted by atomic mass is 19.4. The maximum absolute atomic E-state index is 12.9. The second kappa shape index (κ2) is 4.59. The van der Waals surface area contributed by atoms with Gasteiger partial charge in [0.05, 0.1) is 6.61 Å². The molecule has 0 saturated heterocycles. The van der Waals surface area contributed by atoms with Gasteiger partial charge in [-0.15, -0.1) is 13.2 Å². The molecule has 1 heterocycles. The Kier molecular flexibility index (Phi) is 3.70. The molecule has 0 aliphatic carbocycles. The van der Waals surface area contributed by atoms with Gasteiger partial charge in [0, 0.05) is 0 Å². The van der Waals surface area contributed by atoms with Crippen LogP contribution in [0.2, 0.25) is 0 Å². The lowest BCUT2D eigenvalue weighted by Gasteiger charge is -2.14. The highest BCUT2D eigenvalue weighted by Gasteiger charge is 2.38. The summed E-state index contributed by atoms with van der Waals surface area (Å²) >= 11 is 0. The molecule has 0 spiro atoms. The second-order valence-corrected chi connectivity index (χ2v) is 2.98. The maximum Gasteiger partial charge on any atom is 0.573 e. The van der Waals surface area contributed by atoms with Crippen molar-refractivity contribution < 1.29 is 40.6 Å². The molecule has 0 saturated carbocycles. The van der Waals surface area contributed by atoms with Crippen LogP contribution in [-0.4, -0.2) is 16.5 Å². The number of aromatic nitrogens is 1. The molecule has 1 rings (SSSR count). The Morgan fingerprint density at radius 1 is 1.17 bits per heavy atom. The SMILES string of the molecule is OCc1nc(F)c(C(F)(F)F)cc1OC(F)(F)F. The van der Waals surface area contributed by atoms with Gasteiger partial charge in [0.2, 0.25) is 5.95 Å². The standard InChI is InChI=1S/C8H4F7NO2/c9-6-3(7(10,11)12)1-5(4(2-17)16-6)18-8(13,14)15/h1,17H,2H2. The molecule has 0 radical (unpaired) electrons. The van der Waals surface area contributed by atoms with E-state index in [4.69, 9.17) is 5.11 Å². The maximum atomic E-state index is 12.9. The fraction of sp³-hybridized carbons (Fsp3) is 0.375. The summed E-state index contributed by atoms with van der Waals surface area (Å²) in [5, 5.41) is 8.58. The van der Waals surface area contributed by atoms with E-state index >= 15 is 0 Å². The number of alkyl halides is 6. The van der Waals surface area contributed by atoms with E-state index in [2.05, 4.69) is 9.72 Å². The Bertz CT molecular complexity index is 440. The van der Waals surface area contributed by atoms with Crippen LogP contribution in [0.1, 0.15) is 11.3 Å². The number of nitrogens with zero attached hydrogens (tertiary/aromatic N) is 1. The van der Waals surface area contributed by atoms with E-state index in [0.717, 1.165) is 0 Å². The summed E-state index contributed by atoms with van der Waals surface area (Å²) in [7, 11) is 0. The third kappa shape index (κ3) is 3.45. The number of pyridine rings is 1.